The lowest BCUT2D eigenvalue weighted by Gasteiger charge is -2.35. The highest BCUT2D eigenvalue weighted by molar-refractivity contribution is 7.99. The molecule has 0 aromatic heterocycles. The number of nitrogens with zero attached hydrogens (tertiary/aromatic N) is 1. The molecule has 3 N–H and O–H groups in total. The van der Waals surface area contributed by atoms with E-state index in [2.05, 4.69) is 0 Å². The highest BCUT2D eigenvalue weighted by Gasteiger charge is 2.39. The fourth-order valence-electron chi connectivity index (χ4n) is 1.71. The van der Waals surface area contributed by atoms with Crippen LogP contribution >= 0.6 is 11.8 Å². The third-order valence-electron chi connectivity index (χ3n) is 2.72. The fraction of sp³-hybridized carbons (Fsp3) is 0.417. The molecule has 0 unspecified atom stereocenters. The molecule has 1 heterocycles. The van der Waals surface area contributed by atoms with Crippen LogP contribution in [0.25, 0.3) is 0 Å². The van der Waals surface area contributed by atoms with Gasteiger partial charge in [0, 0.05) is 5.75 Å². The Morgan fingerprint density at radius 3 is 2.72 bits per heavy atom. The molecule has 1 aliphatic rings. The maximum absolute atomic E-state index is 9.80. The number of aliphatic hydroxyl groups is 3. The van der Waals surface area contributed by atoms with Crippen molar-refractivity contribution in [2.75, 3.05) is 5.75 Å². The lowest BCUT2D eigenvalue weighted by atomic mass is 10.1. The molecule has 0 saturated carbocycles. The summed E-state index contributed by atoms with van der Waals surface area (Å²) >= 11 is 1.11. The average molecular weight is 267 g/mol. The van der Waals surface area contributed by atoms with E-state index in [4.69, 9.17) is 10.00 Å². The number of rotatable bonds is 2. The van der Waals surface area contributed by atoms with E-state index >= 15 is 0 Å². The molecule has 1 fully saturated rings. The van der Waals surface area contributed by atoms with Gasteiger partial charge >= 0.3 is 0 Å². The number of para-hydroxylation sites is 1. The van der Waals surface area contributed by atoms with E-state index in [0.29, 0.717) is 5.56 Å². The second-order valence-electron chi connectivity index (χ2n) is 3.97. The molecule has 1 saturated heterocycles. The van der Waals surface area contributed by atoms with Crippen molar-refractivity contribution in [1.29, 1.82) is 5.26 Å². The van der Waals surface area contributed by atoms with Gasteiger partial charge in [0.1, 0.15) is 23.4 Å². The number of nitriles is 1. The predicted octanol–water partition coefficient (Wildman–Crippen LogP) is 0.0927. The molecule has 6 heteroatoms. The van der Waals surface area contributed by atoms with Crippen molar-refractivity contribution in [1.82, 2.24) is 0 Å². The van der Waals surface area contributed by atoms with Gasteiger partial charge in [-0.25, -0.2) is 0 Å². The number of aliphatic hydroxyl groups excluding tert-OH is 3. The maximum atomic E-state index is 9.80. The minimum absolute atomic E-state index is 0.252. The molecule has 4 atom stereocenters. The van der Waals surface area contributed by atoms with Crippen LogP contribution < -0.4 is 4.74 Å². The van der Waals surface area contributed by atoms with Crippen molar-refractivity contribution >= 4 is 11.8 Å². The van der Waals surface area contributed by atoms with E-state index in [1.807, 2.05) is 6.07 Å². The monoisotopic (exact) mass is 267 g/mol. The molecule has 0 bridgehead atoms. The Balaban J connectivity index is 2.19. The summed E-state index contributed by atoms with van der Waals surface area (Å²) in [6.07, 6.45) is -3.07. The molecule has 0 radical (unpaired) electrons. The van der Waals surface area contributed by atoms with Crippen LogP contribution in [0.15, 0.2) is 24.3 Å². The highest BCUT2D eigenvalue weighted by atomic mass is 32.2. The number of ether oxygens (including phenoxy) is 1. The lowest BCUT2D eigenvalue weighted by Crippen LogP contribution is -2.51. The Labute approximate surface area is 109 Å². The third kappa shape index (κ3) is 2.60. The zero-order chi connectivity index (χ0) is 13.1. The van der Waals surface area contributed by atoms with Crippen molar-refractivity contribution < 1.29 is 20.1 Å². The lowest BCUT2D eigenvalue weighted by molar-refractivity contribution is -0.0721. The molecular formula is C12H13NO4S. The van der Waals surface area contributed by atoms with Gasteiger partial charge in [0.2, 0.25) is 0 Å². The van der Waals surface area contributed by atoms with Crippen LogP contribution in [0.1, 0.15) is 5.56 Å². The number of benzene rings is 1. The first kappa shape index (κ1) is 13.2. The summed E-state index contributed by atoms with van der Waals surface area (Å²) in [5.41, 5.74) is -0.614. The molecule has 1 aromatic rings. The largest absolute Gasteiger partial charge is 0.483 e. The van der Waals surface area contributed by atoms with Crippen LogP contribution in [0.2, 0.25) is 0 Å². The molecule has 5 nitrogen and oxygen atoms in total. The molecule has 1 aromatic carbocycles. The molecule has 1 aliphatic heterocycles. The highest BCUT2D eigenvalue weighted by Crippen LogP contribution is 2.29. The van der Waals surface area contributed by atoms with Gasteiger partial charge in [-0.2, -0.15) is 5.26 Å². The first-order chi connectivity index (χ1) is 8.63. The van der Waals surface area contributed by atoms with E-state index in [-0.39, 0.29) is 11.5 Å². The first-order valence-electron chi connectivity index (χ1n) is 5.45. The Hall–Kier alpha value is -1.26. The van der Waals surface area contributed by atoms with Crippen LogP contribution in [-0.2, 0) is 0 Å². The second-order valence-corrected chi connectivity index (χ2v) is 5.12. The first-order valence-corrected chi connectivity index (χ1v) is 6.50. The standard InChI is InChI=1S/C12H13NO4S/c13-5-7-3-1-2-4-9(7)17-11-10(15)8(14)6-18-12(11)16/h1-4,8,10-12,14-16H,6H2/t8-,10+,11-,12-/m1/s1. The minimum atomic E-state index is -1.17. The van der Waals surface area contributed by atoms with Gasteiger partial charge < -0.3 is 20.1 Å². The van der Waals surface area contributed by atoms with E-state index in [9.17, 15) is 15.3 Å². The van der Waals surface area contributed by atoms with E-state index in [1.54, 1.807) is 24.3 Å². The Kier molecular flexibility index (Phi) is 4.09. The van der Waals surface area contributed by atoms with Crippen molar-refractivity contribution in [2.24, 2.45) is 0 Å². The van der Waals surface area contributed by atoms with E-state index < -0.39 is 23.7 Å². The summed E-state index contributed by atoms with van der Waals surface area (Å²) in [6.45, 7) is 0. The summed E-state index contributed by atoms with van der Waals surface area (Å²) in [4.78, 5) is 0. The minimum Gasteiger partial charge on any atom is -0.483 e. The Bertz CT molecular complexity index is 462. The summed E-state index contributed by atoms with van der Waals surface area (Å²) < 4.78 is 5.47. The van der Waals surface area contributed by atoms with E-state index in [0.717, 1.165) is 11.8 Å². The number of hydrogen-bond acceptors (Lipinski definition) is 6. The topological polar surface area (TPSA) is 93.7 Å². The average Bonchev–Trinajstić information content (AvgIpc) is 2.39. The quantitative estimate of drug-likeness (QED) is 0.703. The van der Waals surface area contributed by atoms with E-state index in [1.165, 1.54) is 0 Å². The third-order valence-corrected chi connectivity index (χ3v) is 3.86. The van der Waals surface area contributed by atoms with Crippen LogP contribution in [0.4, 0.5) is 0 Å². The number of hydrogen-bond donors (Lipinski definition) is 3. The summed E-state index contributed by atoms with van der Waals surface area (Å²) in [5, 5.41) is 38.0. The molecule has 0 aliphatic carbocycles. The SMILES string of the molecule is N#Cc1ccccc1O[C@@H]1[C@@H](O)[C@H](O)CS[C@H]1O. The Morgan fingerprint density at radius 1 is 1.28 bits per heavy atom. The number of thioether (sulfide) groups is 1. The van der Waals surface area contributed by atoms with Crippen molar-refractivity contribution in [2.45, 2.75) is 23.7 Å². The van der Waals surface area contributed by atoms with Crippen LogP contribution in [0.3, 0.4) is 0 Å². The smallest absolute Gasteiger partial charge is 0.162 e. The zero-order valence-electron chi connectivity index (χ0n) is 9.43. The fourth-order valence-corrected chi connectivity index (χ4v) is 2.71. The normalized spacial score (nSPS) is 31.7. The van der Waals surface area contributed by atoms with Gasteiger partial charge in [-0.1, -0.05) is 12.1 Å². The van der Waals surface area contributed by atoms with Crippen LogP contribution in [0, 0.1) is 11.3 Å². The zero-order valence-corrected chi connectivity index (χ0v) is 10.2. The van der Waals surface area contributed by atoms with Crippen molar-refractivity contribution in [3.8, 4) is 11.8 Å². The van der Waals surface area contributed by atoms with Gasteiger partial charge in [0.15, 0.2) is 6.10 Å². The van der Waals surface area contributed by atoms with Crippen molar-refractivity contribution in [3.05, 3.63) is 29.8 Å². The maximum Gasteiger partial charge on any atom is 0.162 e. The predicted molar refractivity (Wildman–Crippen MR) is 66.1 cm³/mol. The summed E-state index contributed by atoms with van der Waals surface area (Å²) in [5.74, 6) is 0.542. The van der Waals surface area contributed by atoms with Crippen LogP contribution in [-0.4, -0.2) is 44.8 Å². The van der Waals surface area contributed by atoms with Crippen molar-refractivity contribution in [3.63, 3.8) is 0 Å². The summed E-state index contributed by atoms with van der Waals surface area (Å²) in [6, 6.07) is 8.53. The van der Waals surface area contributed by atoms with Crippen LogP contribution in [0.5, 0.6) is 5.75 Å². The van der Waals surface area contributed by atoms with Gasteiger partial charge in [-0.05, 0) is 12.1 Å². The summed E-state index contributed by atoms with van der Waals surface area (Å²) in [7, 11) is 0. The molecular weight excluding hydrogens is 254 g/mol. The molecule has 0 spiro atoms. The van der Waals surface area contributed by atoms with Gasteiger partial charge in [-0.3, -0.25) is 0 Å². The molecule has 96 valence electrons. The van der Waals surface area contributed by atoms with Gasteiger partial charge in [0.05, 0.1) is 11.7 Å². The van der Waals surface area contributed by atoms with Gasteiger partial charge in [-0.15, -0.1) is 11.8 Å². The molecule has 18 heavy (non-hydrogen) atoms. The Morgan fingerprint density at radius 2 is 2.00 bits per heavy atom. The second kappa shape index (κ2) is 5.59. The molecule has 0 amide bonds. The molecule has 2 rings (SSSR count). The van der Waals surface area contributed by atoms with Gasteiger partial charge in [0.25, 0.3) is 0 Å².